The van der Waals surface area contributed by atoms with Gasteiger partial charge in [0.1, 0.15) is 6.04 Å². The lowest BCUT2D eigenvalue weighted by atomic mass is 9.96. The molecule has 1 heterocycles. The van der Waals surface area contributed by atoms with Gasteiger partial charge in [-0.3, -0.25) is 9.69 Å². The summed E-state index contributed by atoms with van der Waals surface area (Å²) < 4.78 is 0. The summed E-state index contributed by atoms with van der Waals surface area (Å²) >= 11 is 0. The van der Waals surface area contributed by atoms with Crippen molar-refractivity contribution in [3.63, 3.8) is 0 Å². The van der Waals surface area contributed by atoms with E-state index in [1.54, 1.807) is 0 Å². The highest BCUT2D eigenvalue weighted by Gasteiger charge is 2.29. The standard InChI is InChI=1S/C16H23NO2/c1-12-8-7-9-14(13(12)2)15(16(18)19)17-10-5-3-4-6-11-17/h7-9,15H,3-6,10-11H2,1-2H3,(H,18,19). The van der Waals surface area contributed by atoms with Gasteiger partial charge < -0.3 is 5.11 Å². The second-order valence-corrected chi connectivity index (χ2v) is 5.48. The molecule has 1 fully saturated rings. The quantitative estimate of drug-likeness (QED) is 0.907. The van der Waals surface area contributed by atoms with Crippen molar-refractivity contribution in [1.29, 1.82) is 0 Å². The van der Waals surface area contributed by atoms with Crippen LogP contribution in [0.4, 0.5) is 0 Å². The predicted molar refractivity (Wildman–Crippen MR) is 76.3 cm³/mol. The molecule has 0 bridgehead atoms. The van der Waals surface area contributed by atoms with Crippen molar-refractivity contribution in [2.45, 2.75) is 45.6 Å². The van der Waals surface area contributed by atoms with E-state index in [9.17, 15) is 9.90 Å². The fourth-order valence-electron chi connectivity index (χ4n) is 2.91. The van der Waals surface area contributed by atoms with Crippen LogP contribution in [-0.2, 0) is 4.79 Å². The van der Waals surface area contributed by atoms with Crippen LogP contribution in [0.2, 0.25) is 0 Å². The number of hydrogen-bond acceptors (Lipinski definition) is 2. The third-order valence-electron chi connectivity index (χ3n) is 4.18. The van der Waals surface area contributed by atoms with Crippen LogP contribution in [-0.4, -0.2) is 29.1 Å². The van der Waals surface area contributed by atoms with Gasteiger partial charge in [0.05, 0.1) is 0 Å². The molecule has 0 aromatic heterocycles. The van der Waals surface area contributed by atoms with Crippen LogP contribution < -0.4 is 0 Å². The molecular weight excluding hydrogens is 238 g/mol. The summed E-state index contributed by atoms with van der Waals surface area (Å²) in [6, 6.07) is 5.48. The van der Waals surface area contributed by atoms with Crippen LogP contribution in [0.3, 0.4) is 0 Å². The molecule has 104 valence electrons. The number of carbonyl (C=O) groups is 1. The van der Waals surface area contributed by atoms with Gasteiger partial charge in [-0.25, -0.2) is 0 Å². The van der Waals surface area contributed by atoms with Gasteiger partial charge in [-0.2, -0.15) is 0 Å². The number of nitrogens with zero attached hydrogens (tertiary/aromatic N) is 1. The highest BCUT2D eigenvalue weighted by molar-refractivity contribution is 5.76. The van der Waals surface area contributed by atoms with E-state index in [-0.39, 0.29) is 0 Å². The van der Waals surface area contributed by atoms with Crippen LogP contribution in [0, 0.1) is 13.8 Å². The molecule has 0 radical (unpaired) electrons. The molecule has 1 aromatic rings. The molecule has 1 unspecified atom stereocenters. The van der Waals surface area contributed by atoms with E-state index in [1.807, 2.05) is 32.0 Å². The number of benzene rings is 1. The minimum atomic E-state index is -0.726. The average Bonchev–Trinajstić information content (AvgIpc) is 2.63. The molecule has 3 nitrogen and oxygen atoms in total. The van der Waals surface area contributed by atoms with Gasteiger partial charge in [-0.05, 0) is 56.5 Å². The third kappa shape index (κ3) is 3.16. The number of carboxylic acids is 1. The van der Waals surface area contributed by atoms with Crippen LogP contribution in [0.15, 0.2) is 18.2 Å². The van der Waals surface area contributed by atoms with Gasteiger partial charge in [0.2, 0.25) is 0 Å². The Labute approximate surface area is 115 Å². The third-order valence-corrected chi connectivity index (χ3v) is 4.18. The SMILES string of the molecule is Cc1cccc(C(C(=O)O)N2CCCCCC2)c1C. The lowest BCUT2D eigenvalue weighted by Gasteiger charge is -2.29. The zero-order valence-corrected chi connectivity index (χ0v) is 11.9. The van der Waals surface area contributed by atoms with E-state index in [1.165, 1.54) is 18.4 Å². The van der Waals surface area contributed by atoms with Gasteiger partial charge in [0.15, 0.2) is 0 Å². The van der Waals surface area contributed by atoms with E-state index >= 15 is 0 Å². The van der Waals surface area contributed by atoms with Gasteiger partial charge >= 0.3 is 5.97 Å². The van der Waals surface area contributed by atoms with Crippen LogP contribution in [0.25, 0.3) is 0 Å². The fourth-order valence-corrected chi connectivity index (χ4v) is 2.91. The molecule has 1 aromatic carbocycles. The number of aliphatic carboxylic acids is 1. The van der Waals surface area contributed by atoms with E-state index in [4.69, 9.17) is 0 Å². The van der Waals surface area contributed by atoms with Crippen molar-refractivity contribution in [1.82, 2.24) is 4.90 Å². The van der Waals surface area contributed by atoms with E-state index < -0.39 is 12.0 Å². The monoisotopic (exact) mass is 261 g/mol. The molecule has 1 atom stereocenters. The van der Waals surface area contributed by atoms with Gasteiger partial charge in [-0.15, -0.1) is 0 Å². The Balaban J connectivity index is 2.33. The predicted octanol–water partition coefficient (Wildman–Crippen LogP) is 3.31. The van der Waals surface area contributed by atoms with Crippen molar-refractivity contribution >= 4 is 5.97 Å². The second kappa shape index (κ2) is 6.20. The Morgan fingerprint density at radius 1 is 1.16 bits per heavy atom. The van der Waals surface area contributed by atoms with Gasteiger partial charge in [-0.1, -0.05) is 31.0 Å². The Bertz CT molecular complexity index is 448. The summed E-state index contributed by atoms with van der Waals surface area (Å²) in [4.78, 5) is 13.9. The van der Waals surface area contributed by atoms with Crippen molar-refractivity contribution in [2.75, 3.05) is 13.1 Å². The summed E-state index contributed by atoms with van der Waals surface area (Å²) in [5.74, 6) is -0.726. The van der Waals surface area contributed by atoms with Gasteiger partial charge in [0.25, 0.3) is 0 Å². The van der Waals surface area contributed by atoms with Crippen LogP contribution >= 0.6 is 0 Å². The highest BCUT2D eigenvalue weighted by Crippen LogP contribution is 2.28. The number of rotatable bonds is 3. The molecule has 0 saturated carbocycles. The smallest absolute Gasteiger partial charge is 0.325 e. The zero-order valence-electron chi connectivity index (χ0n) is 11.9. The zero-order chi connectivity index (χ0) is 13.8. The summed E-state index contributed by atoms with van der Waals surface area (Å²) in [5.41, 5.74) is 3.23. The molecule has 1 N–H and O–H groups in total. The highest BCUT2D eigenvalue weighted by atomic mass is 16.4. The fraction of sp³-hybridized carbons (Fsp3) is 0.562. The molecule has 1 saturated heterocycles. The maximum atomic E-state index is 11.7. The van der Waals surface area contributed by atoms with Gasteiger partial charge in [0, 0.05) is 0 Å². The first-order valence-corrected chi connectivity index (χ1v) is 7.14. The van der Waals surface area contributed by atoms with Crippen LogP contribution in [0.5, 0.6) is 0 Å². The minimum absolute atomic E-state index is 0.488. The Morgan fingerprint density at radius 3 is 2.37 bits per heavy atom. The lowest BCUT2D eigenvalue weighted by molar-refractivity contribution is -0.143. The maximum Gasteiger partial charge on any atom is 0.325 e. The summed E-state index contributed by atoms with van der Waals surface area (Å²) in [6.07, 6.45) is 4.65. The number of carboxylic acid groups (broad SMARTS) is 1. The van der Waals surface area contributed by atoms with Crippen molar-refractivity contribution < 1.29 is 9.90 Å². The summed E-state index contributed by atoms with van der Waals surface area (Å²) in [6.45, 7) is 5.85. The number of hydrogen-bond donors (Lipinski definition) is 1. The normalized spacial score (nSPS) is 18.8. The summed E-state index contributed by atoms with van der Waals surface area (Å²) in [7, 11) is 0. The number of aryl methyl sites for hydroxylation is 1. The first kappa shape index (κ1) is 14.1. The van der Waals surface area contributed by atoms with E-state index in [0.717, 1.165) is 37.1 Å². The maximum absolute atomic E-state index is 11.7. The molecule has 0 spiro atoms. The minimum Gasteiger partial charge on any atom is -0.480 e. The largest absolute Gasteiger partial charge is 0.480 e. The topological polar surface area (TPSA) is 40.5 Å². The van der Waals surface area contributed by atoms with Crippen LogP contribution in [0.1, 0.15) is 48.4 Å². The lowest BCUT2D eigenvalue weighted by Crippen LogP contribution is -2.35. The van der Waals surface area contributed by atoms with Crippen molar-refractivity contribution in [2.24, 2.45) is 0 Å². The molecule has 1 aliphatic heterocycles. The molecule has 0 aliphatic carbocycles. The molecule has 0 amide bonds. The van der Waals surface area contributed by atoms with Crippen molar-refractivity contribution in [3.8, 4) is 0 Å². The first-order valence-electron chi connectivity index (χ1n) is 7.14. The summed E-state index contributed by atoms with van der Waals surface area (Å²) in [5, 5.41) is 9.64. The second-order valence-electron chi connectivity index (χ2n) is 5.48. The molecule has 2 rings (SSSR count). The molecule has 1 aliphatic rings. The average molecular weight is 261 g/mol. The molecule has 19 heavy (non-hydrogen) atoms. The number of likely N-dealkylation sites (tertiary alicyclic amines) is 1. The molecule has 3 heteroatoms. The van der Waals surface area contributed by atoms with E-state index in [0.29, 0.717) is 0 Å². The molecular formula is C16H23NO2. The first-order chi connectivity index (χ1) is 9.11. The Kier molecular flexibility index (Phi) is 4.59. The van der Waals surface area contributed by atoms with E-state index in [2.05, 4.69) is 4.90 Å². The van der Waals surface area contributed by atoms with Crippen molar-refractivity contribution in [3.05, 3.63) is 34.9 Å². The Hall–Kier alpha value is -1.35. The Morgan fingerprint density at radius 2 is 1.79 bits per heavy atom.